The third-order valence-corrected chi connectivity index (χ3v) is 5.65. The maximum Gasteiger partial charge on any atom is 0.255 e. The highest BCUT2D eigenvalue weighted by molar-refractivity contribution is 6.30. The summed E-state index contributed by atoms with van der Waals surface area (Å²) in [4.78, 5) is 14.7. The van der Waals surface area contributed by atoms with E-state index >= 15 is 0 Å². The number of nitrogens with one attached hydrogen (secondary N) is 1. The molecule has 0 fully saturated rings. The molecule has 0 saturated heterocycles. The number of halogens is 2. The summed E-state index contributed by atoms with van der Waals surface area (Å²) >= 11 is 5.80. The molecule has 4 aromatic rings. The number of anilines is 1. The average Bonchev–Trinajstić information content (AvgIpc) is 3.20. The smallest absolute Gasteiger partial charge is 0.255 e. The number of carbonyl (C=O) groups excluding carboxylic acids is 1. The first-order valence-electron chi connectivity index (χ1n) is 10.9. The Kier molecular flexibility index (Phi) is 7.43. The summed E-state index contributed by atoms with van der Waals surface area (Å²) in [6, 6.07) is 19.4. The van der Waals surface area contributed by atoms with Gasteiger partial charge in [0.2, 0.25) is 0 Å². The van der Waals surface area contributed by atoms with E-state index < -0.39 is 5.82 Å². The van der Waals surface area contributed by atoms with Crippen molar-refractivity contribution in [1.29, 1.82) is 0 Å². The molecule has 35 heavy (non-hydrogen) atoms. The van der Waals surface area contributed by atoms with Crippen molar-refractivity contribution >= 4 is 23.2 Å². The third kappa shape index (κ3) is 5.85. The van der Waals surface area contributed by atoms with Crippen LogP contribution in [0.4, 0.5) is 10.1 Å². The van der Waals surface area contributed by atoms with Crippen molar-refractivity contribution in [1.82, 2.24) is 19.7 Å². The van der Waals surface area contributed by atoms with Crippen molar-refractivity contribution in [2.24, 2.45) is 7.05 Å². The Morgan fingerprint density at radius 3 is 2.46 bits per heavy atom. The molecule has 0 aliphatic heterocycles. The molecule has 0 radical (unpaired) electrons. The molecule has 1 amide bonds. The largest absolute Gasteiger partial charge is 0.482 e. The molecule has 9 heteroatoms. The standard InChI is InChI=1S/C26H25ClFN5O2/c1-32(2)15-17-7-9-19(10-8-17)26(34)29-20-13-11-18(12-14-20)25-31-30-23(33(25)3)16-35-22-6-4-5-21(27)24(22)28/h4-14H,15-16H2,1-3H3,(H,29,34). The van der Waals surface area contributed by atoms with Crippen LogP contribution in [0.25, 0.3) is 11.4 Å². The van der Waals surface area contributed by atoms with Crippen molar-refractivity contribution in [2.75, 3.05) is 19.4 Å². The molecule has 0 aliphatic rings. The summed E-state index contributed by atoms with van der Waals surface area (Å²) in [5, 5.41) is 11.3. The lowest BCUT2D eigenvalue weighted by Crippen LogP contribution is -2.13. The van der Waals surface area contributed by atoms with Crippen LogP contribution in [-0.2, 0) is 20.2 Å². The van der Waals surface area contributed by atoms with Gasteiger partial charge in [-0.15, -0.1) is 10.2 Å². The maximum atomic E-state index is 14.0. The van der Waals surface area contributed by atoms with Crippen LogP contribution in [0, 0.1) is 5.82 Å². The molecule has 1 heterocycles. The molecule has 0 bridgehead atoms. The zero-order valence-corrected chi connectivity index (χ0v) is 20.4. The molecular formula is C26H25ClFN5O2. The highest BCUT2D eigenvalue weighted by Crippen LogP contribution is 2.25. The number of nitrogens with zero attached hydrogens (tertiary/aromatic N) is 4. The van der Waals surface area contributed by atoms with Gasteiger partial charge in [-0.2, -0.15) is 0 Å². The lowest BCUT2D eigenvalue weighted by Gasteiger charge is -2.10. The number of carbonyl (C=O) groups is 1. The topological polar surface area (TPSA) is 72.3 Å². The van der Waals surface area contributed by atoms with Gasteiger partial charge in [0.1, 0.15) is 6.61 Å². The van der Waals surface area contributed by atoms with E-state index in [2.05, 4.69) is 20.4 Å². The van der Waals surface area contributed by atoms with Crippen LogP contribution in [-0.4, -0.2) is 39.7 Å². The fraction of sp³-hybridized carbons (Fsp3) is 0.192. The molecule has 180 valence electrons. The van der Waals surface area contributed by atoms with Gasteiger partial charge < -0.3 is 19.5 Å². The Morgan fingerprint density at radius 1 is 1.06 bits per heavy atom. The Morgan fingerprint density at radius 2 is 1.77 bits per heavy atom. The monoisotopic (exact) mass is 493 g/mol. The van der Waals surface area contributed by atoms with Gasteiger partial charge in [-0.05, 0) is 68.2 Å². The molecule has 1 N–H and O–H groups in total. The quantitative estimate of drug-likeness (QED) is 0.367. The van der Waals surface area contributed by atoms with E-state index in [-0.39, 0.29) is 23.3 Å². The second-order valence-electron chi connectivity index (χ2n) is 8.31. The van der Waals surface area contributed by atoms with Crippen molar-refractivity contribution in [3.05, 3.63) is 94.5 Å². The minimum Gasteiger partial charge on any atom is -0.482 e. The Hall–Kier alpha value is -3.75. The summed E-state index contributed by atoms with van der Waals surface area (Å²) < 4.78 is 21.3. The SMILES string of the molecule is CN(C)Cc1ccc(C(=O)Nc2ccc(-c3nnc(COc4cccc(Cl)c4F)n3C)cc2)cc1. The van der Waals surface area contributed by atoms with Crippen molar-refractivity contribution in [3.63, 3.8) is 0 Å². The summed E-state index contributed by atoms with van der Waals surface area (Å²) in [7, 11) is 5.81. The average molecular weight is 494 g/mol. The highest BCUT2D eigenvalue weighted by atomic mass is 35.5. The van der Waals surface area contributed by atoms with E-state index in [1.807, 2.05) is 50.5 Å². The Balaban J connectivity index is 1.40. The number of benzene rings is 3. The highest BCUT2D eigenvalue weighted by Gasteiger charge is 2.14. The van der Waals surface area contributed by atoms with Crippen LogP contribution < -0.4 is 10.1 Å². The van der Waals surface area contributed by atoms with Gasteiger partial charge in [0.25, 0.3) is 5.91 Å². The second-order valence-corrected chi connectivity index (χ2v) is 8.71. The molecule has 4 rings (SSSR count). The molecule has 0 atom stereocenters. The van der Waals surface area contributed by atoms with Crippen LogP contribution in [0.15, 0.2) is 66.7 Å². The van der Waals surface area contributed by atoms with E-state index in [0.717, 1.165) is 17.7 Å². The lowest BCUT2D eigenvalue weighted by molar-refractivity contribution is 0.102. The minimum absolute atomic E-state index is 0.00493. The zero-order chi connectivity index (χ0) is 24.9. The molecule has 0 spiro atoms. The maximum absolute atomic E-state index is 14.0. The van der Waals surface area contributed by atoms with Gasteiger partial charge in [-0.25, -0.2) is 4.39 Å². The molecule has 7 nitrogen and oxygen atoms in total. The normalized spacial score (nSPS) is 11.0. The lowest BCUT2D eigenvalue weighted by atomic mass is 10.1. The van der Waals surface area contributed by atoms with Crippen LogP contribution in [0.1, 0.15) is 21.7 Å². The van der Waals surface area contributed by atoms with Gasteiger partial charge in [-0.3, -0.25) is 4.79 Å². The third-order valence-electron chi connectivity index (χ3n) is 5.35. The summed E-state index contributed by atoms with van der Waals surface area (Å²) in [6.07, 6.45) is 0. The van der Waals surface area contributed by atoms with E-state index in [1.54, 1.807) is 29.8 Å². The molecule has 0 aliphatic carbocycles. The van der Waals surface area contributed by atoms with Crippen LogP contribution in [0.5, 0.6) is 5.75 Å². The molecule has 0 unspecified atom stereocenters. The first-order valence-corrected chi connectivity index (χ1v) is 11.3. The number of ether oxygens (including phenoxy) is 1. The Labute approximate surface area is 208 Å². The number of hydrogen-bond donors (Lipinski definition) is 1. The van der Waals surface area contributed by atoms with E-state index in [1.165, 1.54) is 12.1 Å². The van der Waals surface area contributed by atoms with E-state index in [9.17, 15) is 9.18 Å². The number of hydrogen-bond acceptors (Lipinski definition) is 5. The minimum atomic E-state index is -0.612. The van der Waals surface area contributed by atoms with Gasteiger partial charge in [0, 0.05) is 30.4 Å². The zero-order valence-electron chi connectivity index (χ0n) is 19.6. The van der Waals surface area contributed by atoms with Gasteiger partial charge in [0.15, 0.2) is 23.2 Å². The van der Waals surface area contributed by atoms with Crippen molar-refractivity contribution in [3.8, 4) is 17.1 Å². The number of rotatable bonds is 8. The molecule has 0 saturated carbocycles. The van der Waals surface area contributed by atoms with E-state index in [4.69, 9.17) is 16.3 Å². The first-order chi connectivity index (χ1) is 16.8. The summed E-state index contributed by atoms with van der Waals surface area (Å²) in [5.41, 5.74) is 3.21. The summed E-state index contributed by atoms with van der Waals surface area (Å²) in [6.45, 7) is 0.846. The van der Waals surface area contributed by atoms with E-state index in [0.29, 0.717) is 22.9 Å². The molecular weight excluding hydrogens is 469 g/mol. The van der Waals surface area contributed by atoms with Crippen molar-refractivity contribution < 1.29 is 13.9 Å². The van der Waals surface area contributed by atoms with Gasteiger partial charge >= 0.3 is 0 Å². The predicted molar refractivity (Wildman–Crippen MR) is 134 cm³/mol. The molecule has 1 aromatic heterocycles. The molecule has 3 aromatic carbocycles. The van der Waals surface area contributed by atoms with Crippen LogP contribution in [0.3, 0.4) is 0 Å². The van der Waals surface area contributed by atoms with Crippen LogP contribution >= 0.6 is 11.6 Å². The number of amides is 1. The predicted octanol–water partition coefficient (Wildman–Crippen LogP) is 5.17. The number of aromatic nitrogens is 3. The second kappa shape index (κ2) is 10.7. The van der Waals surface area contributed by atoms with Crippen LogP contribution in [0.2, 0.25) is 5.02 Å². The van der Waals surface area contributed by atoms with Crippen molar-refractivity contribution in [2.45, 2.75) is 13.2 Å². The Bertz CT molecular complexity index is 1320. The van der Waals surface area contributed by atoms with Gasteiger partial charge in [-0.1, -0.05) is 29.8 Å². The van der Waals surface area contributed by atoms with Gasteiger partial charge in [0.05, 0.1) is 5.02 Å². The summed E-state index contributed by atoms with van der Waals surface area (Å²) in [5.74, 6) is 0.396. The first kappa shape index (κ1) is 24.4. The fourth-order valence-corrected chi connectivity index (χ4v) is 3.67. The fourth-order valence-electron chi connectivity index (χ4n) is 3.51.